The van der Waals surface area contributed by atoms with Crippen molar-refractivity contribution in [2.45, 2.75) is 31.0 Å². The quantitative estimate of drug-likeness (QED) is 0.342. The number of thioether (sulfide) groups is 1. The first kappa shape index (κ1) is 18.4. The van der Waals surface area contributed by atoms with Gasteiger partial charge in [0.25, 0.3) is 0 Å². The molecule has 8 heteroatoms. The average Bonchev–Trinajstić information content (AvgIpc) is 3.42. The van der Waals surface area contributed by atoms with Crippen LogP contribution in [0.3, 0.4) is 0 Å². The van der Waals surface area contributed by atoms with Gasteiger partial charge in [0, 0.05) is 16.9 Å². The largest absolute Gasteiger partial charge is 0.258 e. The third-order valence-electron chi connectivity index (χ3n) is 4.23. The zero-order chi connectivity index (χ0) is 19.0. The van der Waals surface area contributed by atoms with Crippen molar-refractivity contribution in [3.8, 4) is 22.8 Å². The fourth-order valence-corrected chi connectivity index (χ4v) is 3.57. The van der Waals surface area contributed by atoms with Crippen molar-refractivity contribution in [3.05, 3.63) is 60.7 Å². The van der Waals surface area contributed by atoms with Crippen LogP contribution in [0.4, 0.5) is 0 Å². The van der Waals surface area contributed by atoms with Gasteiger partial charge in [-0.3, -0.25) is 5.10 Å². The molecule has 0 aliphatic rings. The first-order valence-corrected chi connectivity index (χ1v) is 10.3. The van der Waals surface area contributed by atoms with Crippen LogP contribution in [0.25, 0.3) is 22.8 Å². The Kier molecular flexibility index (Phi) is 6.08. The molecule has 1 N–H and O–H groups in total. The normalized spacial score (nSPS) is 11.0. The van der Waals surface area contributed by atoms with E-state index < -0.39 is 0 Å². The number of hydrogen-bond acceptors (Lipinski definition) is 6. The Hall–Kier alpha value is -3.00. The summed E-state index contributed by atoms with van der Waals surface area (Å²) in [6.07, 6.45) is 3.22. The number of H-pyrrole nitrogens is 1. The molecular weight excluding hydrogens is 370 g/mol. The molecule has 7 nitrogen and oxygen atoms in total. The molecule has 2 aromatic carbocycles. The van der Waals surface area contributed by atoms with Crippen LogP contribution in [0.1, 0.15) is 19.3 Å². The van der Waals surface area contributed by atoms with Gasteiger partial charge in [-0.2, -0.15) is 4.80 Å². The molecule has 0 radical (unpaired) electrons. The third kappa shape index (κ3) is 4.83. The molecule has 2 heterocycles. The summed E-state index contributed by atoms with van der Waals surface area (Å²) in [5.74, 6) is 2.48. The molecule has 0 saturated carbocycles. The minimum absolute atomic E-state index is 0.676. The Morgan fingerprint density at radius 3 is 2.39 bits per heavy atom. The van der Waals surface area contributed by atoms with Crippen molar-refractivity contribution < 1.29 is 0 Å². The molecule has 0 aliphatic heterocycles. The summed E-state index contributed by atoms with van der Waals surface area (Å²) in [6.45, 7) is 0.781. The second kappa shape index (κ2) is 9.27. The maximum Gasteiger partial charge on any atom is 0.208 e. The molecule has 4 rings (SSSR count). The standard InChI is InChI=1S/C20H21N7S/c1-4-10-16(11-5-1)18-21-20(24-22-18)28-15-9-3-8-14-27-25-19(23-26-27)17-12-6-2-7-13-17/h1-2,4-7,10-13H,3,8-9,14-15H2,(H,21,22,24). The number of aryl methyl sites for hydroxylation is 1. The molecule has 0 unspecified atom stereocenters. The number of benzene rings is 2. The summed E-state index contributed by atoms with van der Waals surface area (Å²) in [7, 11) is 0. The first-order valence-electron chi connectivity index (χ1n) is 9.32. The zero-order valence-corrected chi connectivity index (χ0v) is 16.2. The summed E-state index contributed by atoms with van der Waals surface area (Å²) in [6, 6.07) is 20.0. The van der Waals surface area contributed by atoms with E-state index in [4.69, 9.17) is 0 Å². The molecule has 0 amide bonds. The molecule has 0 saturated heterocycles. The molecule has 142 valence electrons. The predicted octanol–water partition coefficient (Wildman–Crippen LogP) is 4.09. The Labute approximate surface area is 167 Å². The Morgan fingerprint density at radius 1 is 0.857 bits per heavy atom. The topological polar surface area (TPSA) is 85.2 Å². The van der Waals surface area contributed by atoms with Crippen LogP contribution in [-0.2, 0) is 6.54 Å². The van der Waals surface area contributed by atoms with Crippen LogP contribution in [0.5, 0.6) is 0 Å². The summed E-state index contributed by atoms with van der Waals surface area (Å²) in [5, 5.41) is 20.8. The van der Waals surface area contributed by atoms with Crippen molar-refractivity contribution >= 4 is 11.8 Å². The number of nitrogens with one attached hydrogen (secondary N) is 1. The van der Waals surface area contributed by atoms with Gasteiger partial charge >= 0.3 is 0 Å². The Morgan fingerprint density at radius 2 is 1.61 bits per heavy atom. The first-order chi connectivity index (χ1) is 13.9. The number of tetrazole rings is 1. The van der Waals surface area contributed by atoms with E-state index in [2.05, 4.69) is 30.6 Å². The lowest BCUT2D eigenvalue weighted by Crippen LogP contribution is -2.02. The maximum absolute atomic E-state index is 4.54. The molecule has 4 aromatic rings. The summed E-state index contributed by atoms with van der Waals surface area (Å²) in [4.78, 5) is 6.22. The number of hydrogen-bond donors (Lipinski definition) is 1. The van der Waals surface area contributed by atoms with Crippen LogP contribution >= 0.6 is 11.8 Å². The van der Waals surface area contributed by atoms with Crippen molar-refractivity contribution in [1.29, 1.82) is 0 Å². The molecule has 28 heavy (non-hydrogen) atoms. The minimum atomic E-state index is 0.676. The van der Waals surface area contributed by atoms with E-state index in [0.29, 0.717) is 5.82 Å². The fourth-order valence-electron chi connectivity index (χ4n) is 2.77. The summed E-state index contributed by atoms with van der Waals surface area (Å²) < 4.78 is 0. The van der Waals surface area contributed by atoms with Gasteiger partial charge in [0.15, 0.2) is 5.82 Å². The fraction of sp³-hybridized carbons (Fsp3) is 0.250. The molecule has 0 spiro atoms. The van der Waals surface area contributed by atoms with E-state index in [-0.39, 0.29) is 0 Å². The number of rotatable bonds is 9. The molecule has 0 bridgehead atoms. The van der Waals surface area contributed by atoms with Crippen molar-refractivity contribution in [3.63, 3.8) is 0 Å². The highest BCUT2D eigenvalue weighted by Crippen LogP contribution is 2.20. The van der Waals surface area contributed by atoms with E-state index in [0.717, 1.165) is 53.7 Å². The van der Waals surface area contributed by atoms with Crippen LogP contribution in [0.15, 0.2) is 65.8 Å². The van der Waals surface area contributed by atoms with E-state index in [1.165, 1.54) is 0 Å². The van der Waals surface area contributed by atoms with Gasteiger partial charge in [-0.1, -0.05) is 78.8 Å². The van der Waals surface area contributed by atoms with Crippen molar-refractivity contribution in [2.75, 3.05) is 5.75 Å². The van der Waals surface area contributed by atoms with Crippen molar-refractivity contribution in [2.24, 2.45) is 0 Å². The van der Waals surface area contributed by atoms with E-state index in [1.54, 1.807) is 16.6 Å². The van der Waals surface area contributed by atoms with Crippen LogP contribution in [0.2, 0.25) is 0 Å². The van der Waals surface area contributed by atoms with Crippen LogP contribution in [0, 0.1) is 0 Å². The number of aromatic amines is 1. The number of nitrogens with zero attached hydrogens (tertiary/aromatic N) is 6. The van der Waals surface area contributed by atoms with Gasteiger partial charge in [0.1, 0.15) is 0 Å². The lowest BCUT2D eigenvalue weighted by molar-refractivity contribution is 0.487. The zero-order valence-electron chi connectivity index (χ0n) is 15.4. The lowest BCUT2D eigenvalue weighted by atomic mass is 10.2. The van der Waals surface area contributed by atoms with Gasteiger partial charge in [-0.05, 0) is 18.1 Å². The SMILES string of the molecule is c1ccc(-c2nnn(CCCCCSc3n[nH]c(-c4ccccc4)n3)n2)cc1. The van der Waals surface area contributed by atoms with Gasteiger partial charge in [-0.15, -0.1) is 15.3 Å². The van der Waals surface area contributed by atoms with E-state index in [1.807, 2.05) is 60.7 Å². The highest BCUT2D eigenvalue weighted by molar-refractivity contribution is 7.99. The number of unbranched alkanes of at least 4 members (excludes halogenated alkanes) is 2. The molecule has 2 aromatic heterocycles. The van der Waals surface area contributed by atoms with E-state index >= 15 is 0 Å². The maximum atomic E-state index is 4.54. The van der Waals surface area contributed by atoms with Crippen LogP contribution < -0.4 is 0 Å². The molecule has 0 atom stereocenters. The van der Waals surface area contributed by atoms with Gasteiger partial charge in [0.05, 0.1) is 6.54 Å². The third-order valence-corrected chi connectivity index (χ3v) is 5.16. The van der Waals surface area contributed by atoms with Gasteiger partial charge in [-0.25, -0.2) is 4.98 Å². The average molecular weight is 392 g/mol. The Balaban J connectivity index is 1.16. The van der Waals surface area contributed by atoms with Gasteiger partial charge in [0.2, 0.25) is 11.0 Å². The minimum Gasteiger partial charge on any atom is -0.258 e. The lowest BCUT2D eigenvalue weighted by Gasteiger charge is -1.99. The second-order valence-corrected chi connectivity index (χ2v) is 7.38. The summed E-state index contributed by atoms with van der Waals surface area (Å²) in [5.41, 5.74) is 2.04. The highest BCUT2D eigenvalue weighted by atomic mass is 32.2. The predicted molar refractivity (Wildman–Crippen MR) is 110 cm³/mol. The monoisotopic (exact) mass is 391 g/mol. The summed E-state index contributed by atoms with van der Waals surface area (Å²) >= 11 is 1.68. The van der Waals surface area contributed by atoms with E-state index in [9.17, 15) is 0 Å². The van der Waals surface area contributed by atoms with Gasteiger partial charge < -0.3 is 0 Å². The Bertz CT molecular complexity index is 900. The smallest absolute Gasteiger partial charge is 0.208 e. The molecule has 0 aliphatic carbocycles. The molecule has 0 fully saturated rings. The highest BCUT2D eigenvalue weighted by Gasteiger charge is 2.06. The molecular formula is C20H21N7S. The number of aromatic nitrogens is 7. The second-order valence-electron chi connectivity index (χ2n) is 6.32. The van der Waals surface area contributed by atoms with Crippen LogP contribution in [-0.4, -0.2) is 41.1 Å². The van der Waals surface area contributed by atoms with Crippen molar-refractivity contribution in [1.82, 2.24) is 35.4 Å².